The van der Waals surface area contributed by atoms with Crippen LogP contribution in [0.15, 0.2) is 17.6 Å². The van der Waals surface area contributed by atoms with E-state index >= 15 is 0 Å². The van der Waals surface area contributed by atoms with Crippen molar-refractivity contribution in [1.29, 1.82) is 0 Å². The van der Waals surface area contributed by atoms with Gasteiger partial charge in [0.15, 0.2) is 5.16 Å². The first-order chi connectivity index (χ1) is 6.22. The minimum atomic E-state index is -2.33. The summed E-state index contributed by atoms with van der Waals surface area (Å²) < 4.78 is 23.5. The molecule has 0 fully saturated rings. The van der Waals surface area contributed by atoms with Gasteiger partial charge in [-0.05, 0) is 0 Å². The lowest BCUT2D eigenvalue weighted by molar-refractivity contribution is 0.176. The zero-order chi connectivity index (χ0) is 9.68. The van der Waals surface area contributed by atoms with Crippen molar-refractivity contribution in [3.8, 4) is 0 Å². The van der Waals surface area contributed by atoms with Gasteiger partial charge in [-0.25, -0.2) is 18.7 Å². The Morgan fingerprint density at radius 2 is 2.00 bits per heavy atom. The van der Waals surface area contributed by atoms with Crippen LogP contribution in [0, 0.1) is 0 Å². The number of nitrogens with zero attached hydrogens (tertiary/aromatic N) is 2. The summed E-state index contributed by atoms with van der Waals surface area (Å²) in [5, 5.41) is 0.356. The fourth-order valence-corrected chi connectivity index (χ4v) is 1.29. The second kappa shape index (κ2) is 5.34. The van der Waals surface area contributed by atoms with Crippen LogP contribution in [0.1, 0.15) is 5.56 Å². The number of thioether (sulfide) groups is 1. The van der Waals surface area contributed by atoms with Gasteiger partial charge < -0.3 is 0 Å². The first-order valence-electron chi connectivity index (χ1n) is 3.50. The molecule has 0 unspecified atom stereocenters. The van der Waals surface area contributed by atoms with E-state index in [1.54, 1.807) is 0 Å². The van der Waals surface area contributed by atoms with Crippen LogP contribution in [0.2, 0.25) is 0 Å². The SMILES string of the molecule is FC(F)CSc1ncc(CCl)cn1. The maximum Gasteiger partial charge on any atom is 0.248 e. The topological polar surface area (TPSA) is 25.8 Å². The third-order valence-corrected chi connectivity index (χ3v) is 2.37. The van der Waals surface area contributed by atoms with Crippen molar-refractivity contribution < 1.29 is 8.78 Å². The standard InChI is InChI=1S/C7H7ClF2N2S/c8-1-5-2-11-7(12-3-5)13-4-6(9)10/h2-3,6H,1,4H2. The van der Waals surface area contributed by atoms with E-state index in [9.17, 15) is 8.78 Å². The van der Waals surface area contributed by atoms with Gasteiger partial charge in [0, 0.05) is 18.0 Å². The number of hydrogen-bond donors (Lipinski definition) is 0. The quantitative estimate of drug-likeness (QED) is 0.447. The third kappa shape index (κ3) is 3.87. The first kappa shape index (κ1) is 10.7. The lowest BCUT2D eigenvalue weighted by Gasteiger charge is -1.99. The Kier molecular flexibility index (Phi) is 4.38. The van der Waals surface area contributed by atoms with Crippen LogP contribution < -0.4 is 0 Å². The molecule has 0 saturated carbocycles. The third-order valence-electron chi connectivity index (χ3n) is 1.17. The molecule has 1 aromatic heterocycles. The molecule has 0 aliphatic heterocycles. The molecule has 0 bridgehead atoms. The minimum absolute atomic E-state index is 0.278. The van der Waals surface area contributed by atoms with Crippen molar-refractivity contribution >= 4 is 23.4 Å². The molecule has 0 N–H and O–H groups in total. The summed E-state index contributed by atoms with van der Waals surface area (Å²) in [4.78, 5) is 7.71. The summed E-state index contributed by atoms with van der Waals surface area (Å²) >= 11 is 6.43. The van der Waals surface area contributed by atoms with Crippen LogP contribution in [0.5, 0.6) is 0 Å². The van der Waals surface area contributed by atoms with E-state index in [-0.39, 0.29) is 5.75 Å². The molecule has 1 aromatic rings. The monoisotopic (exact) mass is 224 g/mol. The Bertz CT molecular complexity index is 255. The predicted molar refractivity (Wildman–Crippen MR) is 48.3 cm³/mol. The van der Waals surface area contributed by atoms with Gasteiger partial charge in [-0.2, -0.15) is 0 Å². The van der Waals surface area contributed by atoms with Gasteiger partial charge >= 0.3 is 0 Å². The molecule has 0 atom stereocenters. The van der Waals surface area contributed by atoms with Crippen LogP contribution >= 0.6 is 23.4 Å². The number of aromatic nitrogens is 2. The van der Waals surface area contributed by atoms with E-state index in [2.05, 4.69) is 9.97 Å². The Labute approximate surface area is 83.7 Å². The molecule has 72 valence electrons. The van der Waals surface area contributed by atoms with E-state index in [4.69, 9.17) is 11.6 Å². The summed E-state index contributed by atoms with van der Waals surface area (Å²) in [5.74, 6) is 0.0556. The lowest BCUT2D eigenvalue weighted by atomic mass is 10.4. The van der Waals surface area contributed by atoms with E-state index in [1.807, 2.05) is 0 Å². The predicted octanol–water partition coefficient (Wildman–Crippen LogP) is 2.57. The van der Waals surface area contributed by atoms with Crippen molar-refractivity contribution in [2.24, 2.45) is 0 Å². The van der Waals surface area contributed by atoms with Crippen LogP contribution in [0.25, 0.3) is 0 Å². The lowest BCUT2D eigenvalue weighted by Crippen LogP contribution is -1.96. The van der Waals surface area contributed by atoms with E-state index < -0.39 is 6.43 Å². The van der Waals surface area contributed by atoms with Crippen molar-refractivity contribution in [1.82, 2.24) is 9.97 Å². The highest BCUT2D eigenvalue weighted by Crippen LogP contribution is 2.15. The molecule has 0 aliphatic carbocycles. The second-order valence-corrected chi connectivity index (χ2v) is 3.46. The number of halogens is 3. The number of rotatable bonds is 4. The van der Waals surface area contributed by atoms with Crippen molar-refractivity contribution in [2.45, 2.75) is 17.5 Å². The van der Waals surface area contributed by atoms with Gasteiger partial charge in [0.2, 0.25) is 6.43 Å². The molecular formula is C7H7ClF2N2S. The van der Waals surface area contributed by atoms with Crippen molar-refractivity contribution in [3.05, 3.63) is 18.0 Å². The molecule has 0 saturated heterocycles. The highest BCUT2D eigenvalue weighted by Gasteiger charge is 2.05. The molecule has 0 amide bonds. The highest BCUT2D eigenvalue weighted by atomic mass is 35.5. The van der Waals surface area contributed by atoms with Gasteiger partial charge in [0.25, 0.3) is 0 Å². The molecule has 0 aromatic carbocycles. The van der Waals surface area contributed by atoms with Gasteiger partial charge in [-0.15, -0.1) is 11.6 Å². The fourth-order valence-electron chi connectivity index (χ4n) is 0.624. The van der Waals surface area contributed by atoms with E-state index in [0.717, 1.165) is 17.3 Å². The molecule has 13 heavy (non-hydrogen) atoms. The largest absolute Gasteiger partial charge is 0.248 e. The normalized spacial score (nSPS) is 10.8. The van der Waals surface area contributed by atoms with Gasteiger partial charge in [0.05, 0.1) is 11.6 Å². The average molecular weight is 225 g/mol. The Hall–Kier alpha value is -0.420. The molecule has 0 radical (unpaired) electrons. The molecule has 6 heteroatoms. The van der Waals surface area contributed by atoms with Crippen LogP contribution in [0.3, 0.4) is 0 Å². The second-order valence-electron chi connectivity index (χ2n) is 2.21. The molecule has 0 aliphatic rings. The fraction of sp³-hybridized carbons (Fsp3) is 0.429. The molecular weight excluding hydrogens is 218 g/mol. The molecule has 0 spiro atoms. The van der Waals surface area contributed by atoms with Gasteiger partial charge in [-0.3, -0.25) is 0 Å². The van der Waals surface area contributed by atoms with Gasteiger partial charge in [-0.1, -0.05) is 11.8 Å². The van der Waals surface area contributed by atoms with Gasteiger partial charge in [0.1, 0.15) is 0 Å². The van der Waals surface area contributed by atoms with Crippen molar-refractivity contribution in [2.75, 3.05) is 5.75 Å². The zero-order valence-electron chi connectivity index (χ0n) is 6.58. The van der Waals surface area contributed by atoms with Crippen molar-refractivity contribution in [3.63, 3.8) is 0 Å². The maximum absolute atomic E-state index is 11.8. The Morgan fingerprint density at radius 3 is 2.46 bits per heavy atom. The Morgan fingerprint density at radius 1 is 1.38 bits per heavy atom. The highest BCUT2D eigenvalue weighted by molar-refractivity contribution is 7.99. The smallest absolute Gasteiger partial charge is 0.231 e. The van der Waals surface area contributed by atoms with E-state index in [0.29, 0.717) is 11.0 Å². The summed E-state index contributed by atoms with van der Waals surface area (Å²) in [6.07, 6.45) is 0.739. The average Bonchev–Trinajstić information content (AvgIpc) is 2.15. The summed E-state index contributed by atoms with van der Waals surface area (Å²) in [6, 6.07) is 0. The van der Waals surface area contributed by atoms with Crippen LogP contribution in [-0.2, 0) is 5.88 Å². The Balaban J connectivity index is 2.49. The number of hydrogen-bond acceptors (Lipinski definition) is 3. The minimum Gasteiger partial charge on any atom is -0.231 e. The van der Waals surface area contributed by atoms with E-state index in [1.165, 1.54) is 12.4 Å². The summed E-state index contributed by atoms with van der Waals surface area (Å²) in [5.41, 5.74) is 0.781. The number of alkyl halides is 3. The molecule has 1 rings (SSSR count). The molecule has 1 heterocycles. The molecule has 2 nitrogen and oxygen atoms in total. The summed E-state index contributed by atoms with van der Waals surface area (Å²) in [6.45, 7) is 0. The van der Waals surface area contributed by atoms with Crippen LogP contribution in [-0.4, -0.2) is 22.1 Å². The summed E-state index contributed by atoms with van der Waals surface area (Å²) in [7, 11) is 0. The first-order valence-corrected chi connectivity index (χ1v) is 5.02. The maximum atomic E-state index is 11.8. The van der Waals surface area contributed by atoms with Crippen LogP contribution in [0.4, 0.5) is 8.78 Å². The zero-order valence-corrected chi connectivity index (χ0v) is 8.16.